The highest BCUT2D eigenvalue weighted by molar-refractivity contribution is 7.99. The normalized spacial score (nSPS) is 10.9. The van der Waals surface area contributed by atoms with Crippen molar-refractivity contribution >= 4 is 11.8 Å². The first kappa shape index (κ1) is 13.2. The third-order valence-electron chi connectivity index (χ3n) is 1.88. The van der Waals surface area contributed by atoms with Crippen LogP contribution < -0.4 is 5.32 Å². The number of aromatic nitrogens is 4. The summed E-state index contributed by atoms with van der Waals surface area (Å²) in [6.07, 6.45) is 1.85. The lowest BCUT2D eigenvalue weighted by molar-refractivity contribution is 0.482. The van der Waals surface area contributed by atoms with Gasteiger partial charge in [-0.25, -0.2) is 4.68 Å². The molecule has 1 rings (SSSR count). The topological polar surface area (TPSA) is 55.6 Å². The Kier molecular flexibility index (Phi) is 6.10. The van der Waals surface area contributed by atoms with E-state index in [1.807, 2.05) is 10.8 Å². The lowest BCUT2D eigenvalue weighted by Crippen LogP contribution is -2.24. The van der Waals surface area contributed by atoms with Crippen LogP contribution in [0, 0.1) is 5.92 Å². The lowest BCUT2D eigenvalue weighted by Gasteiger charge is -2.07. The number of rotatable bonds is 8. The first-order chi connectivity index (χ1) is 7.74. The highest BCUT2D eigenvalue weighted by Crippen LogP contribution is 2.12. The monoisotopic (exact) mass is 241 g/mol. The number of hydrogen-bond donors (Lipinski definition) is 1. The molecule has 0 atom stereocenters. The van der Waals surface area contributed by atoms with Crippen LogP contribution in [0.25, 0.3) is 0 Å². The molecule has 16 heavy (non-hydrogen) atoms. The molecule has 0 amide bonds. The van der Waals surface area contributed by atoms with Crippen molar-refractivity contribution in [2.45, 2.75) is 25.5 Å². The maximum Gasteiger partial charge on any atom is 0.209 e. The summed E-state index contributed by atoms with van der Waals surface area (Å²) in [5.41, 5.74) is 0. The molecule has 0 aromatic carbocycles. The smallest absolute Gasteiger partial charge is 0.209 e. The Morgan fingerprint density at radius 3 is 3.06 bits per heavy atom. The number of nitrogens with zero attached hydrogens (tertiary/aromatic N) is 4. The molecule has 1 aromatic rings. The third kappa shape index (κ3) is 4.76. The van der Waals surface area contributed by atoms with Gasteiger partial charge in [-0.1, -0.05) is 31.7 Å². The Bertz CT molecular complexity index is 310. The van der Waals surface area contributed by atoms with E-state index in [0.717, 1.165) is 30.5 Å². The van der Waals surface area contributed by atoms with Gasteiger partial charge >= 0.3 is 0 Å². The van der Waals surface area contributed by atoms with E-state index in [0.29, 0.717) is 5.92 Å². The van der Waals surface area contributed by atoms with E-state index in [2.05, 4.69) is 41.3 Å². The number of hydrogen-bond acceptors (Lipinski definition) is 5. The van der Waals surface area contributed by atoms with Crippen molar-refractivity contribution in [3.8, 4) is 0 Å². The molecule has 0 fully saturated rings. The Morgan fingerprint density at radius 1 is 1.56 bits per heavy atom. The van der Waals surface area contributed by atoms with Gasteiger partial charge in [0.1, 0.15) is 0 Å². The largest absolute Gasteiger partial charge is 0.315 e. The molecular weight excluding hydrogens is 222 g/mol. The van der Waals surface area contributed by atoms with E-state index in [4.69, 9.17) is 0 Å². The van der Waals surface area contributed by atoms with E-state index >= 15 is 0 Å². The molecule has 6 heteroatoms. The van der Waals surface area contributed by atoms with Crippen LogP contribution in [0.15, 0.2) is 17.8 Å². The Balaban J connectivity index is 2.29. The average molecular weight is 241 g/mol. The van der Waals surface area contributed by atoms with Gasteiger partial charge in [-0.15, -0.1) is 11.7 Å². The van der Waals surface area contributed by atoms with Crippen LogP contribution in [-0.2, 0) is 6.54 Å². The van der Waals surface area contributed by atoms with Gasteiger partial charge in [0.25, 0.3) is 0 Å². The summed E-state index contributed by atoms with van der Waals surface area (Å²) in [7, 11) is 0. The fourth-order valence-electron chi connectivity index (χ4n) is 1.15. The predicted molar refractivity (Wildman–Crippen MR) is 66.4 cm³/mol. The van der Waals surface area contributed by atoms with Crippen LogP contribution in [0.1, 0.15) is 13.8 Å². The molecule has 1 aromatic heterocycles. The van der Waals surface area contributed by atoms with Crippen molar-refractivity contribution < 1.29 is 0 Å². The third-order valence-corrected chi connectivity index (χ3v) is 2.84. The van der Waals surface area contributed by atoms with E-state index in [1.165, 1.54) is 0 Å². The molecule has 1 N–H and O–H groups in total. The number of tetrazole rings is 1. The number of nitrogens with one attached hydrogen (secondary N) is 1. The van der Waals surface area contributed by atoms with Gasteiger partial charge in [-0.05, 0) is 22.9 Å². The van der Waals surface area contributed by atoms with Gasteiger partial charge < -0.3 is 5.32 Å². The maximum atomic E-state index is 3.96. The van der Waals surface area contributed by atoms with E-state index in [-0.39, 0.29) is 0 Å². The molecule has 1 heterocycles. The predicted octanol–water partition coefficient (Wildman–Crippen LogP) is 1.20. The van der Waals surface area contributed by atoms with E-state index in [1.54, 1.807) is 11.8 Å². The van der Waals surface area contributed by atoms with Crippen LogP contribution in [0.5, 0.6) is 0 Å². The SMILES string of the molecule is C=CCSc1nnnn1CCNCC(C)C. The molecule has 5 nitrogen and oxygen atoms in total. The second-order valence-electron chi connectivity index (χ2n) is 3.88. The molecule has 0 radical (unpaired) electrons. The fourth-order valence-corrected chi connectivity index (χ4v) is 1.79. The van der Waals surface area contributed by atoms with Crippen LogP contribution in [0.2, 0.25) is 0 Å². The minimum absolute atomic E-state index is 0.670. The molecular formula is C10H19N5S. The molecule has 0 aliphatic heterocycles. The van der Waals surface area contributed by atoms with Gasteiger partial charge in [0.05, 0.1) is 6.54 Å². The summed E-state index contributed by atoms with van der Waals surface area (Å²) in [5.74, 6) is 1.50. The summed E-state index contributed by atoms with van der Waals surface area (Å²) < 4.78 is 1.82. The highest BCUT2D eigenvalue weighted by atomic mass is 32.2. The van der Waals surface area contributed by atoms with Crippen molar-refractivity contribution in [3.05, 3.63) is 12.7 Å². The van der Waals surface area contributed by atoms with Crippen molar-refractivity contribution in [3.63, 3.8) is 0 Å². The van der Waals surface area contributed by atoms with Crippen molar-refractivity contribution in [1.29, 1.82) is 0 Å². The Hall–Kier alpha value is -0.880. The van der Waals surface area contributed by atoms with Gasteiger partial charge in [0, 0.05) is 12.3 Å². The quantitative estimate of drug-likeness (QED) is 0.421. The standard InChI is InChI=1S/C10H19N5S/c1-4-7-16-10-12-13-14-15(10)6-5-11-8-9(2)3/h4,9,11H,1,5-8H2,2-3H3. The van der Waals surface area contributed by atoms with Gasteiger partial charge in [0.2, 0.25) is 5.16 Å². The zero-order chi connectivity index (χ0) is 11.8. The summed E-state index contributed by atoms with van der Waals surface area (Å²) >= 11 is 1.60. The zero-order valence-corrected chi connectivity index (χ0v) is 10.7. The molecule has 0 bridgehead atoms. The highest BCUT2D eigenvalue weighted by Gasteiger charge is 2.04. The summed E-state index contributed by atoms with van der Waals surface area (Å²) in [6.45, 7) is 10.8. The van der Waals surface area contributed by atoms with Gasteiger partial charge in [0.15, 0.2) is 0 Å². The summed E-state index contributed by atoms with van der Waals surface area (Å²) in [5, 5.41) is 15.8. The fraction of sp³-hybridized carbons (Fsp3) is 0.700. The van der Waals surface area contributed by atoms with Crippen LogP contribution in [-0.4, -0.2) is 39.0 Å². The van der Waals surface area contributed by atoms with Crippen LogP contribution in [0.3, 0.4) is 0 Å². The summed E-state index contributed by atoms with van der Waals surface area (Å²) in [4.78, 5) is 0. The molecule has 0 unspecified atom stereocenters. The molecule has 0 saturated carbocycles. The first-order valence-corrected chi connectivity index (χ1v) is 6.43. The Labute approximate surface area is 101 Å². The molecule has 0 aliphatic rings. The maximum absolute atomic E-state index is 3.96. The second kappa shape index (κ2) is 7.40. The van der Waals surface area contributed by atoms with Gasteiger partial charge in [-0.2, -0.15) is 0 Å². The molecule has 0 spiro atoms. The van der Waals surface area contributed by atoms with Crippen LogP contribution >= 0.6 is 11.8 Å². The van der Waals surface area contributed by atoms with Gasteiger partial charge in [-0.3, -0.25) is 0 Å². The minimum atomic E-state index is 0.670. The van der Waals surface area contributed by atoms with E-state index in [9.17, 15) is 0 Å². The first-order valence-electron chi connectivity index (χ1n) is 5.44. The Morgan fingerprint density at radius 2 is 2.38 bits per heavy atom. The van der Waals surface area contributed by atoms with Crippen molar-refractivity contribution in [2.24, 2.45) is 5.92 Å². The molecule has 0 saturated heterocycles. The number of thioether (sulfide) groups is 1. The van der Waals surface area contributed by atoms with Crippen molar-refractivity contribution in [1.82, 2.24) is 25.5 Å². The second-order valence-corrected chi connectivity index (χ2v) is 4.87. The van der Waals surface area contributed by atoms with Crippen molar-refractivity contribution in [2.75, 3.05) is 18.8 Å². The lowest BCUT2D eigenvalue weighted by atomic mass is 10.2. The molecule has 90 valence electrons. The van der Waals surface area contributed by atoms with E-state index < -0.39 is 0 Å². The summed E-state index contributed by atoms with van der Waals surface area (Å²) in [6, 6.07) is 0. The molecule has 0 aliphatic carbocycles. The average Bonchev–Trinajstić information content (AvgIpc) is 2.69. The zero-order valence-electron chi connectivity index (χ0n) is 9.89. The van der Waals surface area contributed by atoms with Crippen LogP contribution in [0.4, 0.5) is 0 Å². The minimum Gasteiger partial charge on any atom is -0.315 e.